The zero-order valence-electron chi connectivity index (χ0n) is 10.1. The Morgan fingerprint density at radius 2 is 2.24 bits per heavy atom. The summed E-state index contributed by atoms with van der Waals surface area (Å²) in [6.07, 6.45) is 5.11. The average molecular weight is 255 g/mol. The number of carbonyl (C=O) groups excluding carboxylic acids is 1. The van der Waals surface area contributed by atoms with Crippen LogP contribution in [0, 0.1) is 11.8 Å². The second-order valence-electron chi connectivity index (χ2n) is 5.68. The number of nitrogens with zero attached hydrogens (tertiary/aromatic N) is 1. The van der Waals surface area contributed by atoms with Crippen molar-refractivity contribution >= 4 is 17.7 Å². The van der Waals surface area contributed by atoms with Crippen molar-refractivity contribution in [2.75, 3.05) is 12.3 Å². The second-order valence-corrected chi connectivity index (χ2v) is 6.90. The molecule has 3 heterocycles. The van der Waals surface area contributed by atoms with Crippen LogP contribution in [0.2, 0.25) is 0 Å². The number of hydrogen-bond acceptors (Lipinski definition) is 4. The first kappa shape index (κ1) is 11.8. The van der Waals surface area contributed by atoms with Crippen molar-refractivity contribution in [3.63, 3.8) is 0 Å². The minimum Gasteiger partial charge on any atom is -0.344 e. The Morgan fingerprint density at radius 1 is 1.35 bits per heavy atom. The van der Waals surface area contributed by atoms with Crippen LogP contribution >= 0.6 is 11.8 Å². The smallest absolute Gasteiger partial charge is 0.229 e. The fraction of sp³-hybridized carbons (Fsp3) is 0.917. The Hall–Kier alpha value is -0.260. The van der Waals surface area contributed by atoms with Gasteiger partial charge < -0.3 is 16.4 Å². The summed E-state index contributed by atoms with van der Waals surface area (Å²) >= 11 is 1.98. The molecule has 0 bridgehead atoms. The molecule has 4 N–H and O–H groups in total. The van der Waals surface area contributed by atoms with Gasteiger partial charge in [0, 0.05) is 24.4 Å². The van der Waals surface area contributed by atoms with Gasteiger partial charge in [-0.3, -0.25) is 4.79 Å². The standard InChI is InChI=1S/C12H18N2OS.H3N/c15-11-9(12-14(11)3-4-16-12)2-1-8-5-7-6-10(7)13-8;/h7-10,12-13H,1-6H2;1H3/t7?,8?,9?,10?,12-;/m1./s1. The maximum absolute atomic E-state index is 11.8. The number of carbonyl (C=O) groups is 1. The molecule has 3 aliphatic heterocycles. The van der Waals surface area contributed by atoms with Gasteiger partial charge in [0.1, 0.15) is 0 Å². The van der Waals surface area contributed by atoms with Crippen molar-refractivity contribution < 1.29 is 4.79 Å². The lowest BCUT2D eigenvalue weighted by molar-refractivity contribution is -0.149. The van der Waals surface area contributed by atoms with E-state index in [4.69, 9.17) is 0 Å². The molecule has 0 radical (unpaired) electrons. The van der Waals surface area contributed by atoms with Crippen LogP contribution in [0.3, 0.4) is 0 Å². The number of thioether (sulfide) groups is 1. The van der Waals surface area contributed by atoms with Gasteiger partial charge in [0.15, 0.2) is 0 Å². The number of nitrogens with one attached hydrogen (secondary N) is 1. The number of β-lactam (4-membered cyclic amide) rings is 1. The van der Waals surface area contributed by atoms with Crippen LogP contribution in [0.25, 0.3) is 0 Å². The topological polar surface area (TPSA) is 67.3 Å². The van der Waals surface area contributed by atoms with E-state index < -0.39 is 0 Å². The molecule has 17 heavy (non-hydrogen) atoms. The van der Waals surface area contributed by atoms with Gasteiger partial charge in [0.2, 0.25) is 5.91 Å². The lowest BCUT2D eigenvalue weighted by Gasteiger charge is -2.42. The fourth-order valence-corrected chi connectivity index (χ4v) is 5.02. The van der Waals surface area contributed by atoms with E-state index >= 15 is 0 Å². The number of fused-ring (bicyclic) bond motifs is 2. The molecule has 0 aromatic carbocycles. The van der Waals surface area contributed by atoms with E-state index in [9.17, 15) is 4.79 Å². The first-order chi connectivity index (χ1) is 7.83. The zero-order chi connectivity index (χ0) is 10.7. The van der Waals surface area contributed by atoms with Gasteiger partial charge in [-0.1, -0.05) is 0 Å². The molecule has 4 unspecified atom stereocenters. The van der Waals surface area contributed by atoms with Crippen LogP contribution in [-0.4, -0.2) is 40.6 Å². The van der Waals surface area contributed by atoms with E-state index in [0.29, 0.717) is 17.2 Å². The van der Waals surface area contributed by atoms with Crippen LogP contribution in [0.5, 0.6) is 0 Å². The van der Waals surface area contributed by atoms with Crippen molar-refractivity contribution in [1.29, 1.82) is 0 Å². The van der Waals surface area contributed by atoms with E-state index in [0.717, 1.165) is 36.7 Å². The predicted octanol–water partition coefficient (Wildman–Crippen LogP) is 1.21. The molecular formula is C12H21N3OS. The Labute approximate surface area is 106 Å². The van der Waals surface area contributed by atoms with Crippen molar-refractivity contribution in [3.05, 3.63) is 0 Å². The normalized spacial score (nSPS) is 46.0. The Morgan fingerprint density at radius 3 is 3.00 bits per heavy atom. The molecule has 0 aromatic rings. The van der Waals surface area contributed by atoms with E-state index in [1.807, 2.05) is 11.8 Å². The largest absolute Gasteiger partial charge is 0.344 e. The van der Waals surface area contributed by atoms with E-state index in [1.54, 1.807) is 0 Å². The molecule has 4 rings (SSSR count). The summed E-state index contributed by atoms with van der Waals surface area (Å²) in [6.45, 7) is 0.997. The third-order valence-corrected chi connectivity index (χ3v) is 6.00. The quantitative estimate of drug-likeness (QED) is 0.744. The number of hydrogen-bond donors (Lipinski definition) is 2. The summed E-state index contributed by atoms with van der Waals surface area (Å²) in [4.78, 5) is 13.9. The maximum Gasteiger partial charge on any atom is 0.229 e. The first-order valence-corrected chi connectivity index (χ1v) is 7.56. The zero-order valence-corrected chi connectivity index (χ0v) is 10.9. The predicted molar refractivity (Wildman–Crippen MR) is 69.1 cm³/mol. The average Bonchev–Trinajstić information content (AvgIpc) is 2.76. The van der Waals surface area contributed by atoms with Crippen molar-refractivity contribution in [3.8, 4) is 0 Å². The highest BCUT2D eigenvalue weighted by molar-refractivity contribution is 8.00. The molecular weight excluding hydrogens is 234 g/mol. The second kappa shape index (κ2) is 4.14. The van der Waals surface area contributed by atoms with Gasteiger partial charge in [-0.15, -0.1) is 11.8 Å². The van der Waals surface area contributed by atoms with E-state index in [2.05, 4.69) is 10.2 Å². The molecule has 4 fully saturated rings. The molecule has 1 aliphatic carbocycles. The molecule has 96 valence electrons. The van der Waals surface area contributed by atoms with Gasteiger partial charge in [0.25, 0.3) is 0 Å². The third-order valence-electron chi connectivity index (χ3n) is 4.66. The number of piperidine rings is 1. The summed E-state index contributed by atoms with van der Waals surface area (Å²) in [5.41, 5.74) is 0. The Kier molecular flexibility index (Phi) is 2.88. The summed E-state index contributed by atoms with van der Waals surface area (Å²) in [6, 6.07) is 1.57. The molecule has 0 spiro atoms. The molecule has 3 saturated heterocycles. The summed E-state index contributed by atoms with van der Waals surface area (Å²) in [7, 11) is 0. The van der Waals surface area contributed by atoms with Gasteiger partial charge in [-0.25, -0.2) is 0 Å². The molecule has 4 nitrogen and oxygen atoms in total. The van der Waals surface area contributed by atoms with Crippen molar-refractivity contribution in [2.45, 2.75) is 43.1 Å². The Balaban J connectivity index is 0.000000902. The molecule has 1 saturated carbocycles. The van der Waals surface area contributed by atoms with E-state index in [-0.39, 0.29) is 6.15 Å². The lowest BCUT2D eigenvalue weighted by Crippen LogP contribution is -2.56. The summed E-state index contributed by atoms with van der Waals surface area (Å²) in [5, 5.41) is 4.22. The minimum absolute atomic E-state index is 0. The molecule has 5 atom stereocenters. The maximum atomic E-state index is 11.8. The van der Waals surface area contributed by atoms with Crippen LogP contribution in [-0.2, 0) is 4.79 Å². The van der Waals surface area contributed by atoms with Gasteiger partial charge >= 0.3 is 0 Å². The minimum atomic E-state index is 0. The highest BCUT2D eigenvalue weighted by atomic mass is 32.2. The third kappa shape index (κ3) is 1.79. The Bertz CT molecular complexity index is 328. The lowest BCUT2D eigenvalue weighted by atomic mass is 9.90. The van der Waals surface area contributed by atoms with Crippen molar-refractivity contribution in [1.82, 2.24) is 16.4 Å². The highest BCUT2D eigenvalue weighted by Gasteiger charge is 2.51. The summed E-state index contributed by atoms with van der Waals surface area (Å²) < 4.78 is 0. The van der Waals surface area contributed by atoms with Crippen LogP contribution in [0.15, 0.2) is 0 Å². The van der Waals surface area contributed by atoms with Crippen LogP contribution in [0.4, 0.5) is 0 Å². The number of amides is 1. The first-order valence-electron chi connectivity index (χ1n) is 6.51. The van der Waals surface area contributed by atoms with Crippen LogP contribution in [0.1, 0.15) is 25.7 Å². The number of rotatable bonds is 3. The monoisotopic (exact) mass is 255 g/mol. The van der Waals surface area contributed by atoms with E-state index in [1.165, 1.54) is 19.3 Å². The van der Waals surface area contributed by atoms with Crippen molar-refractivity contribution in [2.24, 2.45) is 11.8 Å². The molecule has 1 amide bonds. The summed E-state index contributed by atoms with van der Waals surface area (Å²) in [5.74, 6) is 2.92. The molecule has 5 heteroatoms. The van der Waals surface area contributed by atoms with Gasteiger partial charge in [0.05, 0.1) is 11.3 Å². The molecule has 0 aromatic heterocycles. The van der Waals surface area contributed by atoms with Gasteiger partial charge in [-0.05, 0) is 31.6 Å². The SMILES string of the molecule is N.O=C1C(CCC2CC3CC3N2)[C@H]2SCCN12. The fourth-order valence-electron chi connectivity index (χ4n) is 3.61. The van der Waals surface area contributed by atoms with Crippen LogP contribution < -0.4 is 11.5 Å². The van der Waals surface area contributed by atoms with Gasteiger partial charge in [-0.2, -0.15) is 0 Å². The molecule has 4 aliphatic rings. The highest BCUT2D eigenvalue weighted by Crippen LogP contribution is 2.45.